The van der Waals surface area contributed by atoms with E-state index < -0.39 is 5.66 Å². The summed E-state index contributed by atoms with van der Waals surface area (Å²) in [6, 6.07) is 10.3. The van der Waals surface area contributed by atoms with Gasteiger partial charge in [-0.2, -0.15) is 0 Å². The number of nitrogens with one attached hydrogen (secondary N) is 1. The minimum absolute atomic E-state index is 0.0907. The number of rotatable bonds is 2. The fraction of sp³-hybridized carbons (Fsp3) is 0.350. The summed E-state index contributed by atoms with van der Waals surface area (Å²) in [6.45, 7) is 7.22. The van der Waals surface area contributed by atoms with E-state index in [0.29, 0.717) is 13.0 Å². The van der Waals surface area contributed by atoms with Crippen LogP contribution in [0.2, 0.25) is 0 Å². The van der Waals surface area contributed by atoms with E-state index in [1.54, 1.807) is 6.26 Å². The largest absolute Gasteiger partial charge is 0.465 e. The minimum Gasteiger partial charge on any atom is -0.465 e. The molecule has 0 radical (unpaired) electrons. The summed E-state index contributed by atoms with van der Waals surface area (Å²) in [5, 5.41) is 3.27. The van der Waals surface area contributed by atoms with Gasteiger partial charge in [0.2, 0.25) is 5.91 Å². The van der Waals surface area contributed by atoms with Gasteiger partial charge in [0.15, 0.2) is 0 Å². The Morgan fingerprint density at radius 2 is 2.12 bits per heavy atom. The molecule has 124 valence electrons. The van der Waals surface area contributed by atoms with E-state index in [-0.39, 0.29) is 11.3 Å². The number of aryl methyl sites for hydroxylation is 1. The van der Waals surface area contributed by atoms with Crippen molar-refractivity contribution in [3.8, 4) is 0 Å². The fourth-order valence-electron chi connectivity index (χ4n) is 4.06. The van der Waals surface area contributed by atoms with Crippen LogP contribution in [0, 0.1) is 6.92 Å². The third-order valence-corrected chi connectivity index (χ3v) is 5.42. The van der Waals surface area contributed by atoms with Gasteiger partial charge in [-0.05, 0) is 42.8 Å². The van der Waals surface area contributed by atoms with Crippen molar-refractivity contribution in [3.63, 3.8) is 0 Å². The Labute approximate surface area is 142 Å². The number of amides is 1. The predicted molar refractivity (Wildman–Crippen MR) is 94.8 cm³/mol. The van der Waals surface area contributed by atoms with Crippen molar-refractivity contribution in [2.24, 2.45) is 0 Å². The Hall–Kier alpha value is -2.49. The molecular formula is C20H22N2O2. The lowest BCUT2D eigenvalue weighted by Gasteiger charge is -2.49. The van der Waals surface area contributed by atoms with Crippen molar-refractivity contribution in [2.75, 3.05) is 11.4 Å². The Balaban J connectivity index is 1.88. The highest BCUT2D eigenvalue weighted by Gasteiger charge is 2.57. The van der Waals surface area contributed by atoms with Gasteiger partial charge in [-0.1, -0.05) is 31.5 Å². The number of carbonyl (C=O) groups is 1. The molecule has 2 aliphatic heterocycles. The average molecular weight is 322 g/mol. The predicted octanol–water partition coefficient (Wildman–Crippen LogP) is 3.62. The highest BCUT2D eigenvalue weighted by Crippen LogP contribution is 2.52. The number of fused-ring (bicyclic) bond motifs is 3. The molecule has 1 amide bonds. The van der Waals surface area contributed by atoms with Crippen molar-refractivity contribution >= 4 is 17.7 Å². The normalized spacial score (nSPS) is 24.8. The molecule has 3 heterocycles. The zero-order valence-electron chi connectivity index (χ0n) is 14.3. The van der Waals surface area contributed by atoms with E-state index in [2.05, 4.69) is 55.3 Å². The number of furan rings is 1. The number of hydrogen-bond acceptors (Lipinski definition) is 3. The number of hydrogen-bond donors (Lipinski definition) is 1. The lowest BCUT2D eigenvalue weighted by Crippen LogP contribution is -2.68. The second kappa shape index (κ2) is 5.00. The molecule has 4 nitrogen and oxygen atoms in total. The van der Waals surface area contributed by atoms with Crippen LogP contribution in [0.3, 0.4) is 0 Å². The van der Waals surface area contributed by atoms with Gasteiger partial charge in [0, 0.05) is 24.1 Å². The van der Waals surface area contributed by atoms with Gasteiger partial charge in [0.1, 0.15) is 11.4 Å². The lowest BCUT2D eigenvalue weighted by atomic mass is 9.74. The second-order valence-corrected chi connectivity index (χ2v) is 7.21. The first-order valence-corrected chi connectivity index (χ1v) is 8.37. The summed E-state index contributed by atoms with van der Waals surface area (Å²) in [4.78, 5) is 14.6. The monoisotopic (exact) mass is 322 g/mol. The molecule has 1 saturated heterocycles. The number of nitrogens with zero attached hydrogens (tertiary/aromatic N) is 1. The minimum atomic E-state index is -0.578. The van der Waals surface area contributed by atoms with Gasteiger partial charge in [0.05, 0.1) is 6.26 Å². The average Bonchev–Trinajstić information content (AvgIpc) is 3.11. The first kappa shape index (κ1) is 15.1. The molecule has 2 aliphatic rings. The number of carbonyl (C=O) groups excluding carboxylic acids is 1. The van der Waals surface area contributed by atoms with Crippen LogP contribution in [0.4, 0.5) is 5.69 Å². The van der Waals surface area contributed by atoms with Gasteiger partial charge in [0.25, 0.3) is 0 Å². The van der Waals surface area contributed by atoms with Crippen LogP contribution in [0.25, 0.3) is 6.08 Å². The molecule has 1 fully saturated rings. The molecule has 0 bridgehead atoms. The van der Waals surface area contributed by atoms with E-state index in [0.717, 1.165) is 5.76 Å². The molecule has 1 aromatic heterocycles. The van der Waals surface area contributed by atoms with E-state index in [1.807, 2.05) is 18.2 Å². The smallest absolute Gasteiger partial charge is 0.223 e. The molecule has 4 heteroatoms. The molecule has 0 spiro atoms. The zero-order chi connectivity index (χ0) is 16.9. The van der Waals surface area contributed by atoms with E-state index in [4.69, 9.17) is 4.42 Å². The first-order valence-electron chi connectivity index (χ1n) is 8.37. The van der Waals surface area contributed by atoms with E-state index >= 15 is 0 Å². The lowest BCUT2D eigenvalue weighted by molar-refractivity contribution is -0.124. The standard InChI is InChI=1S/C20H22N2O2/c1-14-6-7-17-16(13-14)19(2,3)20(10-8-15-5-4-12-24-15)21-18(23)9-11-22(17)20/h4-8,10,12-13H,9,11H2,1-3H3,(H,21,23)/b10-8+/t20-/m1/s1. The molecule has 1 N–H and O–H groups in total. The summed E-state index contributed by atoms with van der Waals surface area (Å²) < 4.78 is 5.44. The van der Waals surface area contributed by atoms with Gasteiger partial charge < -0.3 is 14.6 Å². The van der Waals surface area contributed by atoms with Crippen molar-refractivity contribution in [1.82, 2.24) is 5.32 Å². The fourth-order valence-corrected chi connectivity index (χ4v) is 4.06. The molecular weight excluding hydrogens is 300 g/mol. The molecule has 0 unspecified atom stereocenters. The summed E-state index contributed by atoms with van der Waals surface area (Å²) >= 11 is 0. The van der Waals surface area contributed by atoms with Crippen LogP contribution in [0.1, 0.15) is 37.2 Å². The van der Waals surface area contributed by atoms with Crippen LogP contribution < -0.4 is 10.2 Å². The van der Waals surface area contributed by atoms with Crippen molar-refractivity contribution in [2.45, 2.75) is 38.3 Å². The summed E-state index contributed by atoms with van der Waals surface area (Å²) in [5.41, 5.74) is 2.88. The first-order chi connectivity index (χ1) is 11.4. The number of anilines is 1. The Kier molecular flexibility index (Phi) is 3.14. The Morgan fingerprint density at radius 3 is 2.88 bits per heavy atom. The van der Waals surface area contributed by atoms with E-state index in [1.165, 1.54) is 16.8 Å². The molecule has 2 aromatic rings. The van der Waals surface area contributed by atoms with Crippen molar-refractivity contribution < 1.29 is 9.21 Å². The maximum atomic E-state index is 12.3. The van der Waals surface area contributed by atoms with Gasteiger partial charge in [-0.25, -0.2) is 0 Å². The molecule has 4 rings (SSSR count). The maximum Gasteiger partial charge on any atom is 0.223 e. The van der Waals surface area contributed by atoms with Crippen LogP contribution in [-0.2, 0) is 10.2 Å². The zero-order valence-corrected chi connectivity index (χ0v) is 14.3. The Morgan fingerprint density at radius 1 is 1.29 bits per heavy atom. The summed E-state index contributed by atoms with van der Waals surface area (Å²) in [6.07, 6.45) is 6.21. The summed E-state index contributed by atoms with van der Waals surface area (Å²) in [7, 11) is 0. The molecule has 24 heavy (non-hydrogen) atoms. The third-order valence-electron chi connectivity index (χ3n) is 5.42. The highest BCUT2D eigenvalue weighted by molar-refractivity contribution is 5.84. The van der Waals surface area contributed by atoms with Crippen LogP contribution in [0.15, 0.2) is 47.1 Å². The van der Waals surface area contributed by atoms with Gasteiger partial charge in [-0.15, -0.1) is 0 Å². The number of benzene rings is 1. The van der Waals surface area contributed by atoms with Crippen LogP contribution in [0.5, 0.6) is 0 Å². The molecule has 0 aliphatic carbocycles. The molecule has 0 saturated carbocycles. The summed E-state index contributed by atoms with van der Waals surface area (Å²) in [5.74, 6) is 0.875. The van der Waals surface area contributed by atoms with E-state index in [9.17, 15) is 4.79 Å². The third kappa shape index (κ3) is 1.95. The quantitative estimate of drug-likeness (QED) is 0.918. The van der Waals surface area contributed by atoms with Crippen LogP contribution >= 0.6 is 0 Å². The molecule has 1 atom stereocenters. The second-order valence-electron chi connectivity index (χ2n) is 7.21. The maximum absolute atomic E-state index is 12.3. The van der Waals surface area contributed by atoms with Crippen molar-refractivity contribution in [3.05, 3.63) is 59.6 Å². The topological polar surface area (TPSA) is 45.5 Å². The highest BCUT2D eigenvalue weighted by atomic mass is 16.3. The van der Waals surface area contributed by atoms with Crippen LogP contribution in [-0.4, -0.2) is 18.1 Å². The molecule has 1 aromatic carbocycles. The van der Waals surface area contributed by atoms with Gasteiger partial charge in [-0.3, -0.25) is 4.79 Å². The Bertz CT molecular complexity index is 820. The van der Waals surface area contributed by atoms with Gasteiger partial charge >= 0.3 is 0 Å². The van der Waals surface area contributed by atoms with Crippen molar-refractivity contribution in [1.29, 1.82) is 0 Å². The SMILES string of the molecule is Cc1ccc2c(c1)C(C)(C)[C@]1(/C=C/c3ccco3)NC(=O)CCN21.